The SMILES string of the molecule is CN(CC1CC2CCC1C2)C(=O)Cn1cnc(N)n1. The fraction of sp³-hybridized carbons (Fsp3) is 0.769. The molecular weight excluding hydrogens is 242 g/mol. The number of rotatable bonds is 4. The summed E-state index contributed by atoms with van der Waals surface area (Å²) in [5.74, 6) is 2.76. The lowest BCUT2D eigenvalue weighted by Crippen LogP contribution is -2.36. The summed E-state index contributed by atoms with van der Waals surface area (Å²) in [7, 11) is 1.88. The van der Waals surface area contributed by atoms with Gasteiger partial charge in [-0.05, 0) is 37.0 Å². The number of carbonyl (C=O) groups excluding carboxylic acids is 1. The summed E-state index contributed by atoms with van der Waals surface area (Å²) in [5, 5.41) is 3.94. The second-order valence-corrected chi connectivity index (χ2v) is 6.01. The normalized spacial score (nSPS) is 28.8. The second kappa shape index (κ2) is 4.83. The maximum atomic E-state index is 12.1. The van der Waals surface area contributed by atoms with E-state index in [9.17, 15) is 4.79 Å². The Morgan fingerprint density at radius 1 is 1.53 bits per heavy atom. The van der Waals surface area contributed by atoms with Gasteiger partial charge >= 0.3 is 0 Å². The summed E-state index contributed by atoms with van der Waals surface area (Å²) in [6.45, 7) is 1.10. The molecule has 0 saturated heterocycles. The molecule has 3 rings (SSSR count). The first-order valence-corrected chi connectivity index (χ1v) is 7.00. The van der Waals surface area contributed by atoms with Crippen molar-refractivity contribution in [1.29, 1.82) is 0 Å². The Balaban J connectivity index is 1.52. The zero-order chi connectivity index (χ0) is 13.4. The van der Waals surface area contributed by atoms with Crippen LogP contribution in [0.5, 0.6) is 0 Å². The molecule has 0 aliphatic heterocycles. The predicted octanol–water partition coefficient (Wildman–Crippen LogP) is 0.755. The fourth-order valence-corrected chi connectivity index (χ4v) is 3.70. The van der Waals surface area contributed by atoms with Gasteiger partial charge in [0.15, 0.2) is 0 Å². The van der Waals surface area contributed by atoms with E-state index in [2.05, 4.69) is 10.1 Å². The highest BCUT2D eigenvalue weighted by molar-refractivity contribution is 5.75. The van der Waals surface area contributed by atoms with Gasteiger partial charge < -0.3 is 10.6 Å². The van der Waals surface area contributed by atoms with Crippen molar-refractivity contribution in [2.45, 2.75) is 32.2 Å². The van der Waals surface area contributed by atoms with Crippen LogP contribution in [0.3, 0.4) is 0 Å². The molecule has 6 nitrogen and oxygen atoms in total. The number of anilines is 1. The summed E-state index contributed by atoms with van der Waals surface area (Å²) in [6.07, 6.45) is 6.94. The van der Waals surface area contributed by atoms with Gasteiger partial charge in [0.25, 0.3) is 0 Å². The summed E-state index contributed by atoms with van der Waals surface area (Å²) < 4.78 is 1.50. The van der Waals surface area contributed by atoms with Crippen LogP contribution in [0.4, 0.5) is 5.95 Å². The van der Waals surface area contributed by atoms with E-state index < -0.39 is 0 Å². The van der Waals surface area contributed by atoms with E-state index in [1.165, 1.54) is 36.7 Å². The Bertz CT molecular complexity index is 471. The Morgan fingerprint density at radius 3 is 2.95 bits per heavy atom. The van der Waals surface area contributed by atoms with Gasteiger partial charge in [-0.3, -0.25) is 4.79 Å². The number of amides is 1. The van der Waals surface area contributed by atoms with E-state index in [4.69, 9.17) is 5.73 Å². The van der Waals surface area contributed by atoms with Crippen molar-refractivity contribution in [3.8, 4) is 0 Å². The van der Waals surface area contributed by atoms with Crippen molar-refractivity contribution >= 4 is 11.9 Å². The molecule has 2 bridgehead atoms. The molecular formula is C13H21N5O. The molecule has 3 unspecified atom stereocenters. The average Bonchev–Trinajstić information content (AvgIpc) is 3.06. The highest BCUT2D eigenvalue weighted by Crippen LogP contribution is 2.48. The summed E-state index contributed by atoms with van der Waals surface area (Å²) in [5.41, 5.74) is 5.44. The molecule has 3 atom stereocenters. The van der Waals surface area contributed by atoms with E-state index in [0.717, 1.165) is 18.4 Å². The van der Waals surface area contributed by atoms with Gasteiger partial charge in [0, 0.05) is 13.6 Å². The summed E-state index contributed by atoms with van der Waals surface area (Å²) in [6, 6.07) is 0. The molecule has 2 saturated carbocycles. The van der Waals surface area contributed by atoms with Gasteiger partial charge in [-0.2, -0.15) is 0 Å². The number of likely N-dealkylation sites (N-methyl/N-ethyl adjacent to an activating group) is 1. The maximum Gasteiger partial charge on any atom is 0.244 e. The summed E-state index contributed by atoms with van der Waals surface area (Å²) in [4.78, 5) is 17.8. The molecule has 6 heteroatoms. The van der Waals surface area contributed by atoms with E-state index in [-0.39, 0.29) is 18.4 Å². The van der Waals surface area contributed by atoms with Crippen molar-refractivity contribution in [3.05, 3.63) is 6.33 Å². The quantitative estimate of drug-likeness (QED) is 0.869. The molecule has 2 N–H and O–H groups in total. The highest BCUT2D eigenvalue weighted by Gasteiger charge is 2.40. The Labute approximate surface area is 113 Å². The Hall–Kier alpha value is -1.59. The van der Waals surface area contributed by atoms with Crippen LogP contribution in [0.1, 0.15) is 25.7 Å². The molecule has 104 valence electrons. The topological polar surface area (TPSA) is 77.0 Å². The van der Waals surface area contributed by atoms with Gasteiger partial charge in [-0.1, -0.05) is 6.42 Å². The predicted molar refractivity (Wildman–Crippen MR) is 71.0 cm³/mol. The van der Waals surface area contributed by atoms with Crippen molar-refractivity contribution in [2.75, 3.05) is 19.3 Å². The Morgan fingerprint density at radius 2 is 2.37 bits per heavy atom. The van der Waals surface area contributed by atoms with Crippen LogP contribution in [0.2, 0.25) is 0 Å². The van der Waals surface area contributed by atoms with E-state index in [1.807, 2.05) is 11.9 Å². The Kier molecular flexibility index (Phi) is 3.16. The number of aromatic nitrogens is 3. The van der Waals surface area contributed by atoms with Crippen molar-refractivity contribution in [3.63, 3.8) is 0 Å². The van der Waals surface area contributed by atoms with Crippen molar-refractivity contribution in [1.82, 2.24) is 19.7 Å². The minimum absolute atomic E-state index is 0.0765. The number of carbonyl (C=O) groups is 1. The molecule has 1 aromatic heterocycles. The number of nitrogens with two attached hydrogens (primary N) is 1. The van der Waals surface area contributed by atoms with Crippen LogP contribution < -0.4 is 5.73 Å². The first-order chi connectivity index (χ1) is 9.11. The number of hydrogen-bond acceptors (Lipinski definition) is 4. The van der Waals surface area contributed by atoms with Crippen LogP contribution in [0.15, 0.2) is 6.33 Å². The zero-order valence-electron chi connectivity index (χ0n) is 11.3. The number of nitrogen functional groups attached to an aromatic ring is 1. The molecule has 2 aliphatic carbocycles. The van der Waals surface area contributed by atoms with Crippen molar-refractivity contribution in [2.24, 2.45) is 17.8 Å². The molecule has 2 fully saturated rings. The average molecular weight is 263 g/mol. The van der Waals surface area contributed by atoms with Crippen LogP contribution in [0, 0.1) is 17.8 Å². The zero-order valence-corrected chi connectivity index (χ0v) is 11.3. The molecule has 0 spiro atoms. The van der Waals surface area contributed by atoms with Crippen LogP contribution in [-0.2, 0) is 11.3 Å². The van der Waals surface area contributed by atoms with Crippen LogP contribution in [0.25, 0.3) is 0 Å². The van der Waals surface area contributed by atoms with Crippen molar-refractivity contribution < 1.29 is 4.79 Å². The van der Waals surface area contributed by atoms with Gasteiger partial charge in [0.05, 0.1) is 0 Å². The van der Waals surface area contributed by atoms with Gasteiger partial charge in [-0.15, -0.1) is 5.10 Å². The lowest BCUT2D eigenvalue weighted by Gasteiger charge is -2.27. The fourth-order valence-electron chi connectivity index (χ4n) is 3.70. The third-order valence-corrected chi connectivity index (χ3v) is 4.67. The van der Waals surface area contributed by atoms with E-state index >= 15 is 0 Å². The van der Waals surface area contributed by atoms with Crippen LogP contribution in [-0.4, -0.2) is 39.2 Å². The third-order valence-electron chi connectivity index (χ3n) is 4.67. The highest BCUT2D eigenvalue weighted by atomic mass is 16.2. The molecule has 1 amide bonds. The first kappa shape index (κ1) is 12.4. The largest absolute Gasteiger partial charge is 0.367 e. The standard InChI is InChI=1S/C13H21N5O/c1-17(6-11-5-9-2-3-10(11)4-9)12(19)7-18-8-15-13(14)16-18/h8-11H,2-7H2,1H3,(H2,14,16). The maximum absolute atomic E-state index is 12.1. The number of fused-ring (bicyclic) bond motifs is 2. The van der Waals surface area contributed by atoms with Gasteiger partial charge in [0.2, 0.25) is 11.9 Å². The molecule has 2 aliphatic rings. The minimum atomic E-state index is 0.0765. The lowest BCUT2D eigenvalue weighted by molar-refractivity contribution is -0.131. The first-order valence-electron chi connectivity index (χ1n) is 7.00. The molecule has 1 heterocycles. The second-order valence-electron chi connectivity index (χ2n) is 6.01. The minimum Gasteiger partial charge on any atom is -0.367 e. The molecule has 19 heavy (non-hydrogen) atoms. The van der Waals surface area contributed by atoms with Gasteiger partial charge in [-0.25, -0.2) is 9.67 Å². The van der Waals surface area contributed by atoms with E-state index in [1.54, 1.807) is 0 Å². The molecule has 1 aromatic rings. The number of hydrogen-bond donors (Lipinski definition) is 1. The third kappa shape index (κ3) is 2.57. The smallest absolute Gasteiger partial charge is 0.244 e. The van der Waals surface area contributed by atoms with E-state index in [0.29, 0.717) is 5.92 Å². The van der Waals surface area contributed by atoms with Crippen LogP contribution >= 0.6 is 0 Å². The number of nitrogens with zero attached hydrogens (tertiary/aromatic N) is 4. The molecule has 0 radical (unpaired) electrons. The molecule has 0 aromatic carbocycles. The summed E-state index contributed by atoms with van der Waals surface area (Å²) >= 11 is 0. The monoisotopic (exact) mass is 263 g/mol. The lowest BCUT2D eigenvalue weighted by atomic mass is 9.88. The van der Waals surface area contributed by atoms with Gasteiger partial charge in [0.1, 0.15) is 12.9 Å².